The standard InChI is InChI=1S/C17H14O3S/c18-21(19,20)17-11-5-9-15-14(8-4-10-16(15)17)12-13-6-2-1-3-7-13/h1-11H,12H2,(H,18,19,20). The van der Waals surface area contributed by atoms with E-state index in [1.54, 1.807) is 12.1 Å². The van der Waals surface area contributed by atoms with Crippen LogP contribution in [0.4, 0.5) is 0 Å². The number of hydrogen-bond donors (Lipinski definition) is 1. The second-order valence-electron chi connectivity index (χ2n) is 4.91. The van der Waals surface area contributed by atoms with Crippen LogP contribution in [0.3, 0.4) is 0 Å². The van der Waals surface area contributed by atoms with E-state index in [1.807, 2.05) is 48.5 Å². The molecule has 106 valence electrons. The van der Waals surface area contributed by atoms with Gasteiger partial charge < -0.3 is 0 Å². The van der Waals surface area contributed by atoms with Crippen molar-refractivity contribution in [2.24, 2.45) is 0 Å². The van der Waals surface area contributed by atoms with Crippen LogP contribution in [0.25, 0.3) is 10.8 Å². The van der Waals surface area contributed by atoms with Gasteiger partial charge in [-0.3, -0.25) is 4.55 Å². The fourth-order valence-corrected chi connectivity index (χ4v) is 3.25. The van der Waals surface area contributed by atoms with Crippen LogP contribution >= 0.6 is 0 Å². The van der Waals surface area contributed by atoms with E-state index in [4.69, 9.17) is 0 Å². The molecule has 0 saturated carbocycles. The van der Waals surface area contributed by atoms with Gasteiger partial charge in [0.2, 0.25) is 0 Å². The van der Waals surface area contributed by atoms with Gasteiger partial charge in [-0.2, -0.15) is 8.42 Å². The molecule has 3 nitrogen and oxygen atoms in total. The first kappa shape index (κ1) is 13.8. The van der Waals surface area contributed by atoms with Gasteiger partial charge in [-0.15, -0.1) is 0 Å². The summed E-state index contributed by atoms with van der Waals surface area (Å²) >= 11 is 0. The molecule has 0 aliphatic heterocycles. The lowest BCUT2D eigenvalue weighted by atomic mass is 9.98. The Morgan fingerprint density at radius 1 is 0.762 bits per heavy atom. The van der Waals surface area contributed by atoms with Gasteiger partial charge in [0.05, 0.1) is 0 Å². The zero-order valence-electron chi connectivity index (χ0n) is 11.2. The monoisotopic (exact) mass is 298 g/mol. The maximum atomic E-state index is 11.5. The minimum Gasteiger partial charge on any atom is -0.282 e. The molecule has 0 aliphatic carbocycles. The smallest absolute Gasteiger partial charge is 0.282 e. The fourth-order valence-electron chi connectivity index (χ4n) is 2.54. The Morgan fingerprint density at radius 2 is 1.43 bits per heavy atom. The molecule has 0 atom stereocenters. The van der Waals surface area contributed by atoms with E-state index in [1.165, 1.54) is 6.07 Å². The summed E-state index contributed by atoms with van der Waals surface area (Å²) in [7, 11) is -4.22. The third-order valence-electron chi connectivity index (χ3n) is 3.49. The third-order valence-corrected chi connectivity index (χ3v) is 4.40. The molecule has 0 unspecified atom stereocenters. The van der Waals surface area contributed by atoms with Crippen LogP contribution in [0.2, 0.25) is 0 Å². The van der Waals surface area contributed by atoms with Gasteiger partial charge >= 0.3 is 0 Å². The van der Waals surface area contributed by atoms with Gasteiger partial charge in [0, 0.05) is 5.39 Å². The van der Waals surface area contributed by atoms with Gasteiger partial charge in [0.15, 0.2) is 0 Å². The lowest BCUT2D eigenvalue weighted by Gasteiger charge is -2.09. The van der Waals surface area contributed by atoms with Crippen LogP contribution in [0.5, 0.6) is 0 Å². The molecule has 0 fully saturated rings. The van der Waals surface area contributed by atoms with E-state index in [0.717, 1.165) is 16.5 Å². The Morgan fingerprint density at radius 3 is 2.14 bits per heavy atom. The Kier molecular flexibility index (Phi) is 3.49. The van der Waals surface area contributed by atoms with Gasteiger partial charge in [-0.1, -0.05) is 60.7 Å². The van der Waals surface area contributed by atoms with Crippen molar-refractivity contribution in [2.75, 3.05) is 0 Å². The predicted molar refractivity (Wildman–Crippen MR) is 83.0 cm³/mol. The molecular weight excluding hydrogens is 284 g/mol. The average Bonchev–Trinajstić information content (AvgIpc) is 2.47. The van der Waals surface area contributed by atoms with Crippen LogP contribution in [-0.2, 0) is 16.5 Å². The summed E-state index contributed by atoms with van der Waals surface area (Å²) in [6.45, 7) is 0. The molecule has 0 radical (unpaired) electrons. The predicted octanol–water partition coefficient (Wildman–Crippen LogP) is 3.68. The number of rotatable bonds is 3. The van der Waals surface area contributed by atoms with Crippen molar-refractivity contribution < 1.29 is 13.0 Å². The van der Waals surface area contributed by atoms with E-state index in [0.29, 0.717) is 11.8 Å². The van der Waals surface area contributed by atoms with Gasteiger partial charge in [-0.25, -0.2) is 0 Å². The summed E-state index contributed by atoms with van der Waals surface area (Å²) in [5.41, 5.74) is 2.19. The molecule has 0 aliphatic rings. The summed E-state index contributed by atoms with van der Waals surface area (Å²) in [4.78, 5) is -0.0464. The van der Waals surface area contributed by atoms with E-state index in [9.17, 15) is 13.0 Å². The Balaban J connectivity index is 2.18. The highest BCUT2D eigenvalue weighted by Crippen LogP contribution is 2.27. The molecule has 0 bridgehead atoms. The second kappa shape index (κ2) is 5.31. The first-order valence-electron chi connectivity index (χ1n) is 6.58. The highest BCUT2D eigenvalue weighted by atomic mass is 32.2. The van der Waals surface area contributed by atoms with Crippen LogP contribution in [0.15, 0.2) is 71.6 Å². The zero-order chi connectivity index (χ0) is 14.9. The van der Waals surface area contributed by atoms with Gasteiger partial charge in [0.1, 0.15) is 4.90 Å². The summed E-state index contributed by atoms with van der Waals surface area (Å²) in [6.07, 6.45) is 0.715. The van der Waals surface area contributed by atoms with E-state index in [-0.39, 0.29) is 4.90 Å². The van der Waals surface area contributed by atoms with Crippen molar-refractivity contribution in [3.8, 4) is 0 Å². The van der Waals surface area contributed by atoms with E-state index in [2.05, 4.69) is 0 Å². The highest BCUT2D eigenvalue weighted by molar-refractivity contribution is 7.86. The van der Waals surface area contributed by atoms with Crippen molar-refractivity contribution in [1.82, 2.24) is 0 Å². The van der Waals surface area contributed by atoms with Crippen molar-refractivity contribution in [1.29, 1.82) is 0 Å². The Hall–Kier alpha value is -2.17. The number of fused-ring (bicyclic) bond motifs is 1. The Labute approximate surface area is 123 Å². The number of hydrogen-bond acceptors (Lipinski definition) is 2. The molecule has 3 rings (SSSR count). The Bertz CT molecular complexity index is 884. The molecule has 3 aromatic carbocycles. The lowest BCUT2D eigenvalue weighted by Crippen LogP contribution is -2.00. The zero-order valence-corrected chi connectivity index (χ0v) is 12.0. The van der Waals surface area contributed by atoms with Crippen molar-refractivity contribution in [3.05, 3.63) is 77.9 Å². The van der Waals surface area contributed by atoms with E-state index >= 15 is 0 Å². The van der Waals surface area contributed by atoms with Crippen LogP contribution in [0.1, 0.15) is 11.1 Å². The lowest BCUT2D eigenvalue weighted by molar-refractivity contribution is 0.484. The molecule has 21 heavy (non-hydrogen) atoms. The highest BCUT2D eigenvalue weighted by Gasteiger charge is 2.14. The van der Waals surface area contributed by atoms with Crippen molar-refractivity contribution in [2.45, 2.75) is 11.3 Å². The van der Waals surface area contributed by atoms with Crippen LogP contribution in [-0.4, -0.2) is 13.0 Å². The summed E-state index contributed by atoms with van der Waals surface area (Å²) < 4.78 is 32.3. The van der Waals surface area contributed by atoms with Crippen LogP contribution < -0.4 is 0 Å². The van der Waals surface area contributed by atoms with Crippen molar-refractivity contribution in [3.63, 3.8) is 0 Å². The van der Waals surface area contributed by atoms with Gasteiger partial charge in [-0.05, 0) is 29.0 Å². The third kappa shape index (κ3) is 2.82. The molecule has 0 aromatic heterocycles. The summed E-state index contributed by atoms with van der Waals surface area (Å²) in [5.74, 6) is 0. The molecular formula is C17H14O3S. The minimum atomic E-state index is -4.22. The summed E-state index contributed by atoms with van der Waals surface area (Å²) in [6, 6.07) is 20.4. The SMILES string of the molecule is O=S(=O)(O)c1cccc2c(Cc3ccccc3)cccc12. The molecule has 1 N–H and O–H groups in total. The van der Waals surface area contributed by atoms with Crippen molar-refractivity contribution >= 4 is 20.9 Å². The molecule has 0 spiro atoms. The van der Waals surface area contributed by atoms with Gasteiger partial charge in [0.25, 0.3) is 10.1 Å². The first-order chi connectivity index (χ1) is 10.1. The molecule has 0 amide bonds. The molecule has 4 heteroatoms. The largest absolute Gasteiger partial charge is 0.295 e. The van der Waals surface area contributed by atoms with E-state index < -0.39 is 10.1 Å². The fraction of sp³-hybridized carbons (Fsp3) is 0.0588. The normalized spacial score (nSPS) is 11.7. The molecule has 0 heterocycles. The molecule has 3 aromatic rings. The van der Waals surface area contributed by atoms with Crippen LogP contribution in [0, 0.1) is 0 Å². The average molecular weight is 298 g/mol. The second-order valence-corrected chi connectivity index (χ2v) is 6.30. The maximum absolute atomic E-state index is 11.5. The first-order valence-corrected chi connectivity index (χ1v) is 8.02. The number of benzene rings is 3. The topological polar surface area (TPSA) is 54.4 Å². The summed E-state index contributed by atoms with van der Waals surface area (Å²) in [5, 5.41) is 1.39. The maximum Gasteiger partial charge on any atom is 0.295 e. The quantitative estimate of drug-likeness (QED) is 0.750. The minimum absolute atomic E-state index is 0.0464. The molecule has 0 saturated heterocycles.